The minimum absolute atomic E-state index is 0.0759. The second kappa shape index (κ2) is 14.2. The number of benzene rings is 3. The molecule has 0 saturated heterocycles. The first kappa shape index (κ1) is 33.4. The summed E-state index contributed by atoms with van der Waals surface area (Å²) in [6, 6.07) is 22.5. The van der Waals surface area contributed by atoms with E-state index in [0.717, 1.165) is 48.5 Å². The van der Waals surface area contributed by atoms with Gasteiger partial charge in [-0.25, -0.2) is 0 Å². The largest absolute Gasteiger partial charge is 0.355 e. The number of nitrogens with zero attached hydrogens (tertiary/aromatic N) is 2. The van der Waals surface area contributed by atoms with E-state index in [4.69, 9.17) is 0 Å². The van der Waals surface area contributed by atoms with E-state index in [2.05, 4.69) is 64.4 Å². The SMILES string of the molecule is Cc1ccc2c(c1)N(CCCS(=O)(=O)O)C(=CC=C(C=CC1Sc3ccc(C)cc3N1CCCS(=O)(=O)O)c1ccccc1)S2. The van der Waals surface area contributed by atoms with Crippen molar-refractivity contribution in [1.82, 2.24) is 0 Å². The van der Waals surface area contributed by atoms with Crippen LogP contribution in [0.15, 0.2) is 106 Å². The van der Waals surface area contributed by atoms with Gasteiger partial charge in [0.05, 0.1) is 33.3 Å². The molecule has 1 unspecified atom stereocenters. The van der Waals surface area contributed by atoms with E-state index in [1.54, 1.807) is 23.5 Å². The lowest BCUT2D eigenvalue weighted by molar-refractivity contribution is 0.479. The van der Waals surface area contributed by atoms with Gasteiger partial charge in [0.1, 0.15) is 0 Å². The van der Waals surface area contributed by atoms with Crippen molar-refractivity contribution < 1.29 is 25.9 Å². The minimum atomic E-state index is -4.06. The molecule has 3 aromatic carbocycles. The normalized spacial score (nSPS) is 17.8. The third-order valence-electron chi connectivity index (χ3n) is 7.40. The number of rotatable bonds is 12. The molecule has 2 N–H and O–H groups in total. The van der Waals surface area contributed by atoms with Gasteiger partial charge in [-0.2, -0.15) is 16.8 Å². The average Bonchev–Trinajstić information content (AvgIpc) is 3.49. The van der Waals surface area contributed by atoms with Crippen molar-refractivity contribution in [2.24, 2.45) is 0 Å². The Morgan fingerprint density at radius 3 is 2.11 bits per heavy atom. The van der Waals surface area contributed by atoms with Gasteiger partial charge in [-0.1, -0.05) is 84.2 Å². The zero-order valence-electron chi connectivity index (χ0n) is 25.0. The average molecular weight is 685 g/mol. The Morgan fingerprint density at radius 2 is 1.44 bits per heavy atom. The molecule has 2 aliphatic heterocycles. The first-order chi connectivity index (χ1) is 21.4. The molecule has 2 aliphatic rings. The van der Waals surface area contributed by atoms with Crippen molar-refractivity contribution in [3.63, 3.8) is 0 Å². The lowest BCUT2D eigenvalue weighted by atomic mass is 10.0. The van der Waals surface area contributed by atoms with Gasteiger partial charge < -0.3 is 9.80 Å². The molecule has 8 nitrogen and oxygen atoms in total. The topological polar surface area (TPSA) is 115 Å². The Bertz CT molecular complexity index is 1850. The maximum absolute atomic E-state index is 11.4. The van der Waals surface area contributed by atoms with Crippen LogP contribution in [0.4, 0.5) is 11.4 Å². The summed E-state index contributed by atoms with van der Waals surface area (Å²) in [7, 11) is -8.11. The van der Waals surface area contributed by atoms with Gasteiger partial charge >= 0.3 is 0 Å². The lowest BCUT2D eigenvalue weighted by Crippen LogP contribution is -2.30. The number of anilines is 2. The maximum atomic E-state index is 11.4. The van der Waals surface area contributed by atoms with Gasteiger partial charge in [-0.15, -0.1) is 0 Å². The smallest absolute Gasteiger partial charge is 0.264 e. The molecule has 3 aromatic rings. The van der Waals surface area contributed by atoms with Crippen LogP contribution in [0.2, 0.25) is 0 Å². The summed E-state index contributed by atoms with van der Waals surface area (Å²) in [4.78, 5) is 6.48. The summed E-state index contributed by atoms with van der Waals surface area (Å²) in [5.74, 6) is -0.604. The molecule has 0 bridgehead atoms. The fraction of sp³-hybridized carbons (Fsp3) is 0.273. The van der Waals surface area contributed by atoms with E-state index in [-0.39, 0.29) is 23.3 Å². The van der Waals surface area contributed by atoms with E-state index in [1.165, 1.54) is 0 Å². The summed E-state index contributed by atoms with van der Waals surface area (Å²) < 4.78 is 64.2. The standard InChI is InChI=1S/C33H36N2O6S4/c1-24-10-14-30-28(22-24)34(18-6-20-44(36,37)38)32(42-30)16-12-27(26-8-4-3-5-9-26)13-17-33-35(19-7-21-45(39,40)41)29-23-25(2)11-15-31(29)43-33/h3-5,8-17,22-23,32H,6-7,18-21H2,1-2H3,(H,36,37,38)(H,39,40,41). The first-order valence-corrected chi connectivity index (χ1v) is 19.4. The number of fused-ring (bicyclic) bond motifs is 2. The lowest BCUT2D eigenvalue weighted by Gasteiger charge is -2.24. The molecule has 0 amide bonds. The molecular formula is C33H36N2O6S4. The summed E-state index contributed by atoms with van der Waals surface area (Å²) >= 11 is 3.32. The number of hydrogen-bond donors (Lipinski definition) is 2. The quantitative estimate of drug-likeness (QED) is 0.150. The summed E-state index contributed by atoms with van der Waals surface area (Å²) in [6.45, 7) is 4.96. The van der Waals surface area contributed by atoms with Crippen molar-refractivity contribution in [2.45, 2.75) is 41.9 Å². The van der Waals surface area contributed by atoms with E-state index >= 15 is 0 Å². The van der Waals surface area contributed by atoms with E-state index in [1.807, 2.05) is 50.3 Å². The Balaban J connectivity index is 1.45. The first-order valence-electron chi connectivity index (χ1n) is 14.5. The molecule has 2 heterocycles. The van der Waals surface area contributed by atoms with E-state index in [9.17, 15) is 25.9 Å². The van der Waals surface area contributed by atoms with Crippen LogP contribution in [0.1, 0.15) is 29.5 Å². The summed E-state index contributed by atoms with van der Waals surface area (Å²) in [6.07, 6.45) is 8.89. The summed E-state index contributed by atoms with van der Waals surface area (Å²) in [5, 5.41) is 0.880. The molecule has 45 heavy (non-hydrogen) atoms. The number of hydrogen-bond acceptors (Lipinski definition) is 8. The van der Waals surface area contributed by atoms with Crippen molar-refractivity contribution in [1.29, 1.82) is 0 Å². The van der Waals surface area contributed by atoms with Crippen LogP contribution in [-0.2, 0) is 20.2 Å². The fourth-order valence-electron chi connectivity index (χ4n) is 5.29. The highest BCUT2D eigenvalue weighted by Gasteiger charge is 2.29. The molecule has 0 fully saturated rings. The zero-order chi connectivity index (χ0) is 32.2. The van der Waals surface area contributed by atoms with Crippen molar-refractivity contribution in [3.8, 4) is 0 Å². The van der Waals surface area contributed by atoms with Gasteiger partial charge in [0.15, 0.2) is 0 Å². The molecular weight excluding hydrogens is 649 g/mol. The predicted molar refractivity (Wildman–Crippen MR) is 186 cm³/mol. The molecule has 1 atom stereocenters. The van der Waals surface area contributed by atoms with Crippen molar-refractivity contribution >= 4 is 60.7 Å². The van der Waals surface area contributed by atoms with E-state index in [0.29, 0.717) is 19.5 Å². The number of thioether (sulfide) groups is 2. The molecule has 0 aliphatic carbocycles. The van der Waals surface area contributed by atoms with Gasteiger partial charge in [-0.05, 0) is 79.3 Å². The van der Waals surface area contributed by atoms with Crippen molar-refractivity contribution in [2.75, 3.05) is 34.4 Å². The molecule has 0 saturated carbocycles. The molecule has 5 rings (SSSR count). The second-order valence-electron chi connectivity index (χ2n) is 11.0. The fourth-order valence-corrected chi connectivity index (χ4v) is 8.55. The molecule has 0 spiro atoms. The van der Waals surface area contributed by atoms with E-state index < -0.39 is 20.2 Å². The van der Waals surface area contributed by atoms with Gasteiger partial charge in [0.25, 0.3) is 20.2 Å². The Hall–Kier alpha value is -3.00. The second-order valence-corrected chi connectivity index (χ2v) is 16.4. The van der Waals surface area contributed by atoms with Gasteiger partial charge in [-0.3, -0.25) is 9.11 Å². The molecule has 0 radical (unpaired) electrons. The summed E-state index contributed by atoms with van der Waals surface area (Å²) in [5.41, 5.74) is 6.27. The highest BCUT2D eigenvalue weighted by Crippen LogP contribution is 2.47. The third-order valence-corrected chi connectivity index (χ3v) is 11.4. The highest BCUT2D eigenvalue weighted by molar-refractivity contribution is 8.03. The van der Waals surface area contributed by atoms with Crippen LogP contribution in [0.3, 0.4) is 0 Å². The van der Waals surface area contributed by atoms with Crippen LogP contribution < -0.4 is 9.80 Å². The van der Waals surface area contributed by atoms with Crippen LogP contribution in [-0.4, -0.2) is 55.9 Å². The van der Waals surface area contributed by atoms with Crippen LogP contribution in [0.25, 0.3) is 5.57 Å². The highest BCUT2D eigenvalue weighted by atomic mass is 32.2. The van der Waals surface area contributed by atoms with Crippen LogP contribution in [0, 0.1) is 13.8 Å². The molecule has 0 aromatic heterocycles. The maximum Gasteiger partial charge on any atom is 0.264 e. The monoisotopic (exact) mass is 684 g/mol. The van der Waals surface area contributed by atoms with Gasteiger partial charge in [0, 0.05) is 22.9 Å². The molecule has 12 heteroatoms. The Kier molecular flexibility index (Phi) is 10.5. The zero-order valence-corrected chi connectivity index (χ0v) is 28.3. The van der Waals surface area contributed by atoms with Gasteiger partial charge in [0.2, 0.25) is 0 Å². The Labute approximate surface area is 274 Å². The van der Waals surface area contributed by atoms with Crippen molar-refractivity contribution in [3.05, 3.63) is 113 Å². The third kappa shape index (κ3) is 9.05. The molecule has 238 valence electrons. The predicted octanol–water partition coefficient (Wildman–Crippen LogP) is 7.19. The minimum Gasteiger partial charge on any atom is -0.355 e. The number of aryl methyl sites for hydroxylation is 2. The Morgan fingerprint density at radius 1 is 0.822 bits per heavy atom. The van der Waals surface area contributed by atoms with Crippen LogP contribution in [0.5, 0.6) is 0 Å². The number of allylic oxidation sites excluding steroid dienone is 4. The van der Waals surface area contributed by atoms with Crippen LogP contribution >= 0.6 is 23.5 Å².